The Morgan fingerprint density at radius 1 is 1.00 bits per heavy atom. The van der Waals surface area contributed by atoms with E-state index in [1.165, 1.54) is 14.2 Å². The van der Waals surface area contributed by atoms with Gasteiger partial charge in [-0.15, -0.1) is 0 Å². The van der Waals surface area contributed by atoms with Crippen molar-refractivity contribution in [2.45, 2.75) is 0 Å². The molecule has 1 heterocycles. The van der Waals surface area contributed by atoms with E-state index in [1.807, 2.05) is 6.07 Å². The van der Waals surface area contributed by atoms with Gasteiger partial charge in [-0.1, -0.05) is 18.2 Å². The summed E-state index contributed by atoms with van der Waals surface area (Å²) in [5, 5.41) is 3.98. The summed E-state index contributed by atoms with van der Waals surface area (Å²) in [5.41, 5.74) is 0.422. The van der Waals surface area contributed by atoms with Crippen molar-refractivity contribution in [1.82, 2.24) is 4.98 Å². The van der Waals surface area contributed by atoms with Crippen LogP contribution in [0.3, 0.4) is 0 Å². The summed E-state index contributed by atoms with van der Waals surface area (Å²) < 4.78 is 10.4. The van der Waals surface area contributed by atoms with Crippen molar-refractivity contribution in [3.63, 3.8) is 0 Å². The maximum absolute atomic E-state index is 12.4. The van der Waals surface area contributed by atoms with Gasteiger partial charge in [0.2, 0.25) is 0 Å². The van der Waals surface area contributed by atoms with Crippen LogP contribution >= 0.6 is 0 Å². The highest BCUT2D eigenvalue weighted by molar-refractivity contribution is 6.04. The molecule has 0 saturated heterocycles. The van der Waals surface area contributed by atoms with Gasteiger partial charge in [0.25, 0.3) is 11.5 Å². The van der Waals surface area contributed by atoms with E-state index in [1.54, 1.807) is 42.5 Å². The minimum atomic E-state index is -0.412. The summed E-state index contributed by atoms with van der Waals surface area (Å²) in [6, 6.07) is 13.8. The first-order chi connectivity index (χ1) is 11.6. The zero-order valence-electron chi connectivity index (χ0n) is 13.3. The number of anilines is 1. The summed E-state index contributed by atoms with van der Waals surface area (Å²) in [6.07, 6.45) is 0. The number of H-pyrrole nitrogens is 1. The molecular formula is C18H16N2O4. The second kappa shape index (κ2) is 6.45. The molecule has 0 aliphatic rings. The fourth-order valence-corrected chi connectivity index (χ4v) is 2.45. The third kappa shape index (κ3) is 2.94. The molecule has 1 aromatic heterocycles. The van der Waals surface area contributed by atoms with Gasteiger partial charge in [-0.25, -0.2) is 0 Å². The maximum Gasteiger partial charge on any atom is 0.272 e. The van der Waals surface area contributed by atoms with Gasteiger partial charge in [-0.2, -0.15) is 0 Å². The molecule has 0 radical (unpaired) electrons. The zero-order valence-corrected chi connectivity index (χ0v) is 13.3. The lowest BCUT2D eigenvalue weighted by Crippen LogP contribution is -2.18. The van der Waals surface area contributed by atoms with Crippen LogP contribution in [0.15, 0.2) is 53.3 Å². The van der Waals surface area contributed by atoms with Crippen LogP contribution in [0.5, 0.6) is 11.5 Å². The van der Waals surface area contributed by atoms with Gasteiger partial charge in [0.15, 0.2) is 11.5 Å². The zero-order chi connectivity index (χ0) is 17.1. The first kappa shape index (κ1) is 15.6. The Morgan fingerprint density at radius 3 is 2.50 bits per heavy atom. The van der Waals surface area contributed by atoms with Gasteiger partial charge in [0, 0.05) is 17.1 Å². The largest absolute Gasteiger partial charge is 0.493 e. The predicted octanol–water partition coefficient (Wildman–Crippen LogP) is 2.80. The van der Waals surface area contributed by atoms with E-state index >= 15 is 0 Å². The summed E-state index contributed by atoms with van der Waals surface area (Å²) in [4.78, 5) is 27.1. The second-order valence-corrected chi connectivity index (χ2v) is 5.12. The molecule has 0 aliphatic carbocycles. The summed E-state index contributed by atoms with van der Waals surface area (Å²) >= 11 is 0. The number of carbonyl (C=O) groups excluding carboxylic acids is 1. The highest BCUT2D eigenvalue weighted by Crippen LogP contribution is 2.29. The molecule has 0 bridgehead atoms. The summed E-state index contributed by atoms with van der Waals surface area (Å²) in [6.45, 7) is 0. The van der Waals surface area contributed by atoms with Crippen LogP contribution in [0, 0.1) is 0 Å². The van der Waals surface area contributed by atoms with Gasteiger partial charge < -0.3 is 19.8 Å². The third-order valence-electron chi connectivity index (χ3n) is 3.64. The fourth-order valence-electron chi connectivity index (χ4n) is 2.45. The molecule has 1 amide bonds. The highest BCUT2D eigenvalue weighted by atomic mass is 16.5. The van der Waals surface area contributed by atoms with Gasteiger partial charge in [-0.3, -0.25) is 9.59 Å². The lowest BCUT2D eigenvalue weighted by atomic mass is 10.1. The normalized spacial score (nSPS) is 10.4. The number of aromatic nitrogens is 1. The quantitative estimate of drug-likeness (QED) is 0.773. The van der Waals surface area contributed by atoms with E-state index in [4.69, 9.17) is 9.47 Å². The van der Waals surface area contributed by atoms with Gasteiger partial charge in [0.05, 0.1) is 14.2 Å². The Balaban J connectivity index is 1.91. The van der Waals surface area contributed by atoms with Gasteiger partial charge in [-0.05, 0) is 29.7 Å². The van der Waals surface area contributed by atoms with E-state index in [0.29, 0.717) is 28.0 Å². The summed E-state index contributed by atoms with van der Waals surface area (Å²) in [7, 11) is 3.06. The number of hydrogen-bond donors (Lipinski definition) is 2. The predicted molar refractivity (Wildman–Crippen MR) is 92.1 cm³/mol. The number of rotatable bonds is 4. The lowest BCUT2D eigenvalue weighted by Gasteiger charge is -2.10. The molecule has 2 N–H and O–H groups in total. The maximum atomic E-state index is 12.4. The van der Waals surface area contributed by atoms with Crippen LogP contribution in [0.4, 0.5) is 5.69 Å². The second-order valence-electron chi connectivity index (χ2n) is 5.12. The number of benzene rings is 2. The number of ether oxygens (including phenoxy) is 2. The van der Waals surface area contributed by atoms with Crippen LogP contribution in [-0.4, -0.2) is 25.1 Å². The minimum Gasteiger partial charge on any atom is -0.493 e. The van der Waals surface area contributed by atoms with Crippen LogP contribution < -0.4 is 20.3 Å². The minimum absolute atomic E-state index is 0.188. The van der Waals surface area contributed by atoms with Crippen LogP contribution in [0.1, 0.15) is 10.5 Å². The molecule has 0 spiro atoms. The van der Waals surface area contributed by atoms with Gasteiger partial charge >= 0.3 is 0 Å². The highest BCUT2D eigenvalue weighted by Gasteiger charge is 2.11. The molecule has 24 heavy (non-hydrogen) atoms. The smallest absolute Gasteiger partial charge is 0.272 e. The molecule has 0 unspecified atom stereocenters. The standard InChI is InChI=1S/C18H16N2O4/c1-23-15-8-7-12(10-16(15)24-2)19-18(22)14-9-11-5-3-4-6-13(11)17(21)20-14/h3-10H,1-2H3,(H,19,22)(H,20,21). The number of aromatic amines is 1. The van der Waals surface area contributed by atoms with E-state index in [-0.39, 0.29) is 11.3 Å². The van der Waals surface area contributed by atoms with E-state index in [2.05, 4.69) is 10.3 Å². The molecule has 3 rings (SSSR count). The lowest BCUT2D eigenvalue weighted by molar-refractivity contribution is 0.102. The van der Waals surface area contributed by atoms with E-state index in [9.17, 15) is 9.59 Å². The average Bonchev–Trinajstić information content (AvgIpc) is 2.61. The fraction of sp³-hybridized carbons (Fsp3) is 0.111. The molecular weight excluding hydrogens is 308 g/mol. The Kier molecular flexibility index (Phi) is 4.20. The molecule has 0 aliphatic heterocycles. The molecule has 6 nitrogen and oxygen atoms in total. The Hall–Kier alpha value is -3.28. The molecule has 3 aromatic rings. The van der Waals surface area contributed by atoms with Gasteiger partial charge in [0.1, 0.15) is 5.69 Å². The SMILES string of the molecule is COc1ccc(NC(=O)c2cc3ccccc3c(=O)[nH]2)cc1OC. The molecule has 0 saturated carbocycles. The number of amides is 1. The van der Waals surface area contributed by atoms with Crippen molar-refractivity contribution in [2.24, 2.45) is 0 Å². The van der Waals surface area contributed by atoms with Crippen molar-refractivity contribution in [3.8, 4) is 11.5 Å². The van der Waals surface area contributed by atoms with Crippen LogP contribution in [0.2, 0.25) is 0 Å². The Bertz CT molecular complexity index is 963. The molecule has 122 valence electrons. The number of methoxy groups -OCH3 is 2. The molecule has 0 fully saturated rings. The first-order valence-corrected chi connectivity index (χ1v) is 7.28. The number of carbonyl (C=O) groups is 1. The van der Waals surface area contributed by atoms with Crippen LogP contribution in [-0.2, 0) is 0 Å². The average molecular weight is 324 g/mol. The number of nitrogens with one attached hydrogen (secondary N) is 2. The van der Waals surface area contributed by atoms with Crippen molar-refractivity contribution < 1.29 is 14.3 Å². The molecule has 2 aromatic carbocycles. The number of pyridine rings is 1. The van der Waals surface area contributed by atoms with Crippen molar-refractivity contribution >= 4 is 22.4 Å². The van der Waals surface area contributed by atoms with Crippen molar-refractivity contribution in [1.29, 1.82) is 0 Å². The molecule has 0 atom stereocenters. The first-order valence-electron chi connectivity index (χ1n) is 7.28. The monoisotopic (exact) mass is 324 g/mol. The van der Waals surface area contributed by atoms with Crippen molar-refractivity contribution in [3.05, 3.63) is 64.6 Å². The number of hydrogen-bond acceptors (Lipinski definition) is 4. The molecule has 6 heteroatoms. The van der Waals surface area contributed by atoms with E-state index in [0.717, 1.165) is 0 Å². The van der Waals surface area contributed by atoms with Crippen LogP contribution in [0.25, 0.3) is 10.8 Å². The third-order valence-corrected chi connectivity index (χ3v) is 3.64. The topological polar surface area (TPSA) is 80.4 Å². The Morgan fingerprint density at radius 2 is 1.75 bits per heavy atom. The Labute approximate surface area is 138 Å². The summed E-state index contributed by atoms with van der Waals surface area (Å²) in [5.74, 6) is 0.655. The van der Waals surface area contributed by atoms with E-state index < -0.39 is 5.91 Å². The number of fused-ring (bicyclic) bond motifs is 1. The van der Waals surface area contributed by atoms with Crippen molar-refractivity contribution in [2.75, 3.05) is 19.5 Å².